The summed E-state index contributed by atoms with van der Waals surface area (Å²) >= 11 is 0. The molecule has 4 heteroatoms. The van der Waals surface area contributed by atoms with E-state index in [0.717, 1.165) is 0 Å². The average molecular weight is 250 g/mol. The maximum Gasteiger partial charge on any atom is 0.317 e. The van der Waals surface area contributed by atoms with Crippen molar-refractivity contribution in [3.63, 3.8) is 0 Å². The molecule has 1 heterocycles. The number of Topliss-reactive ketones (excluding diaryl/α,β-unsaturated/α-hetero) is 1. The third-order valence-electron chi connectivity index (χ3n) is 3.44. The lowest BCUT2D eigenvalue weighted by molar-refractivity contribution is -0.152. The molecule has 0 spiro atoms. The zero-order valence-corrected chi connectivity index (χ0v) is 11.0. The van der Waals surface area contributed by atoms with Crippen molar-refractivity contribution >= 4 is 11.8 Å². The van der Waals surface area contributed by atoms with Crippen LogP contribution in [0.1, 0.15) is 33.6 Å². The molecule has 2 rings (SSSR count). The number of carbonyl (C=O) groups excluding carboxylic acids is 2. The molecule has 0 saturated carbocycles. The molecule has 1 unspecified atom stereocenters. The zero-order chi connectivity index (χ0) is 13.5. The van der Waals surface area contributed by atoms with Crippen LogP contribution in [0.3, 0.4) is 0 Å². The zero-order valence-electron chi connectivity index (χ0n) is 11.0. The minimum atomic E-state index is -0.510. The van der Waals surface area contributed by atoms with Crippen LogP contribution in [0.5, 0.6) is 0 Å². The van der Waals surface area contributed by atoms with Crippen LogP contribution in [0.25, 0.3) is 0 Å². The second kappa shape index (κ2) is 4.26. The normalized spacial score (nSPS) is 25.8. The van der Waals surface area contributed by atoms with E-state index in [2.05, 4.69) is 6.58 Å². The average Bonchev–Trinajstić information content (AvgIpc) is 2.58. The Kier molecular flexibility index (Phi) is 3.05. The minimum Gasteiger partial charge on any atom is -0.465 e. The molecule has 0 fully saturated rings. The van der Waals surface area contributed by atoms with E-state index in [-0.39, 0.29) is 11.8 Å². The van der Waals surface area contributed by atoms with Gasteiger partial charge in [0.1, 0.15) is 17.4 Å². The standard InChI is InChI=1S/C14H18O4/c1-5-17-13(16)11-12-9(6-8(2)18-12)10(15)7-14(11,3)4/h11H,2,5-7H2,1,3-4H3. The number of esters is 1. The van der Waals surface area contributed by atoms with Crippen LogP contribution < -0.4 is 0 Å². The highest BCUT2D eigenvalue weighted by atomic mass is 16.5. The highest BCUT2D eigenvalue weighted by Gasteiger charge is 2.49. The summed E-state index contributed by atoms with van der Waals surface area (Å²) in [5.74, 6) is 0.204. The van der Waals surface area contributed by atoms with Gasteiger partial charge >= 0.3 is 5.97 Å². The minimum absolute atomic E-state index is 0.0502. The van der Waals surface area contributed by atoms with Gasteiger partial charge in [0.15, 0.2) is 5.78 Å². The van der Waals surface area contributed by atoms with E-state index in [1.165, 1.54) is 0 Å². The predicted octanol–water partition coefficient (Wildman–Crippen LogP) is 2.35. The number of rotatable bonds is 2. The Balaban J connectivity index is 2.42. The first-order valence-corrected chi connectivity index (χ1v) is 6.15. The fraction of sp³-hybridized carbons (Fsp3) is 0.571. The second-order valence-corrected chi connectivity index (χ2v) is 5.43. The molecule has 0 aromatic heterocycles. The van der Waals surface area contributed by atoms with Gasteiger partial charge in [-0.15, -0.1) is 0 Å². The van der Waals surface area contributed by atoms with Crippen molar-refractivity contribution in [2.75, 3.05) is 6.61 Å². The first-order chi connectivity index (χ1) is 8.36. The number of carbonyl (C=O) groups is 2. The van der Waals surface area contributed by atoms with Crippen LogP contribution in [-0.4, -0.2) is 18.4 Å². The molecule has 0 aromatic carbocycles. The largest absolute Gasteiger partial charge is 0.465 e. The number of ether oxygens (including phenoxy) is 2. The molecule has 98 valence electrons. The van der Waals surface area contributed by atoms with Crippen molar-refractivity contribution in [1.82, 2.24) is 0 Å². The van der Waals surface area contributed by atoms with E-state index in [4.69, 9.17) is 9.47 Å². The van der Waals surface area contributed by atoms with E-state index < -0.39 is 11.3 Å². The number of allylic oxidation sites excluding steroid dienone is 1. The Labute approximate surface area is 107 Å². The highest BCUT2D eigenvalue weighted by Crippen LogP contribution is 2.48. The second-order valence-electron chi connectivity index (χ2n) is 5.43. The van der Waals surface area contributed by atoms with Gasteiger partial charge in [-0.2, -0.15) is 0 Å². The molecule has 1 atom stereocenters. The Hall–Kier alpha value is -1.58. The third kappa shape index (κ3) is 1.96. The Morgan fingerprint density at radius 3 is 2.83 bits per heavy atom. The summed E-state index contributed by atoms with van der Waals surface area (Å²) in [4.78, 5) is 24.1. The molecule has 0 N–H and O–H groups in total. The number of hydrogen-bond donors (Lipinski definition) is 0. The summed E-state index contributed by atoms with van der Waals surface area (Å²) in [6.45, 7) is 9.60. The van der Waals surface area contributed by atoms with Crippen LogP contribution in [0.4, 0.5) is 0 Å². The van der Waals surface area contributed by atoms with Crippen LogP contribution >= 0.6 is 0 Å². The summed E-state index contributed by atoms with van der Waals surface area (Å²) in [5.41, 5.74) is 0.115. The van der Waals surface area contributed by atoms with Crippen LogP contribution in [0.15, 0.2) is 23.7 Å². The molecule has 0 amide bonds. The Bertz CT molecular complexity index is 456. The molecule has 0 radical (unpaired) electrons. The van der Waals surface area contributed by atoms with Crippen molar-refractivity contribution in [1.29, 1.82) is 0 Å². The van der Waals surface area contributed by atoms with E-state index in [1.54, 1.807) is 6.92 Å². The Morgan fingerprint density at radius 1 is 1.56 bits per heavy atom. The van der Waals surface area contributed by atoms with Gasteiger partial charge in [0.2, 0.25) is 0 Å². The summed E-state index contributed by atoms with van der Waals surface area (Å²) in [7, 11) is 0. The molecule has 1 aliphatic carbocycles. The summed E-state index contributed by atoms with van der Waals surface area (Å²) in [5, 5.41) is 0. The van der Waals surface area contributed by atoms with Gasteiger partial charge < -0.3 is 9.47 Å². The lowest BCUT2D eigenvalue weighted by Crippen LogP contribution is -2.40. The first-order valence-electron chi connectivity index (χ1n) is 6.15. The lowest BCUT2D eigenvalue weighted by Gasteiger charge is -2.35. The maximum atomic E-state index is 12.1. The van der Waals surface area contributed by atoms with Gasteiger partial charge in [0.25, 0.3) is 0 Å². The first kappa shape index (κ1) is 12.9. The monoisotopic (exact) mass is 250 g/mol. The van der Waals surface area contributed by atoms with Crippen molar-refractivity contribution in [3.05, 3.63) is 23.7 Å². The van der Waals surface area contributed by atoms with Crippen LogP contribution in [0, 0.1) is 11.3 Å². The quantitative estimate of drug-likeness (QED) is 0.706. The van der Waals surface area contributed by atoms with Gasteiger partial charge in [-0.3, -0.25) is 9.59 Å². The van der Waals surface area contributed by atoms with E-state index in [0.29, 0.717) is 36.5 Å². The van der Waals surface area contributed by atoms with Crippen molar-refractivity contribution in [2.24, 2.45) is 11.3 Å². The van der Waals surface area contributed by atoms with Gasteiger partial charge in [0, 0.05) is 18.4 Å². The maximum absolute atomic E-state index is 12.1. The molecule has 0 bridgehead atoms. The van der Waals surface area contributed by atoms with E-state index in [9.17, 15) is 9.59 Å². The van der Waals surface area contributed by atoms with Gasteiger partial charge in [-0.1, -0.05) is 20.4 Å². The topological polar surface area (TPSA) is 52.6 Å². The fourth-order valence-electron chi connectivity index (χ4n) is 2.64. The lowest BCUT2D eigenvalue weighted by atomic mass is 9.68. The molecule has 2 aliphatic rings. The summed E-state index contributed by atoms with van der Waals surface area (Å²) in [6.07, 6.45) is 0.756. The van der Waals surface area contributed by atoms with Crippen molar-refractivity contribution in [3.8, 4) is 0 Å². The summed E-state index contributed by atoms with van der Waals surface area (Å²) < 4.78 is 10.6. The number of hydrogen-bond acceptors (Lipinski definition) is 4. The number of ketones is 1. The summed E-state index contributed by atoms with van der Waals surface area (Å²) in [6, 6.07) is 0. The van der Waals surface area contributed by atoms with Gasteiger partial charge in [-0.05, 0) is 12.3 Å². The molecular weight excluding hydrogens is 232 g/mol. The molecule has 4 nitrogen and oxygen atoms in total. The van der Waals surface area contributed by atoms with Gasteiger partial charge in [0.05, 0.1) is 6.61 Å². The molecule has 0 aromatic rings. The van der Waals surface area contributed by atoms with E-state index in [1.807, 2.05) is 13.8 Å². The van der Waals surface area contributed by atoms with Crippen LogP contribution in [0.2, 0.25) is 0 Å². The van der Waals surface area contributed by atoms with Crippen molar-refractivity contribution in [2.45, 2.75) is 33.6 Å². The molecular formula is C14H18O4. The van der Waals surface area contributed by atoms with Crippen molar-refractivity contribution < 1.29 is 19.1 Å². The predicted molar refractivity (Wildman–Crippen MR) is 65.4 cm³/mol. The molecule has 1 aliphatic heterocycles. The smallest absolute Gasteiger partial charge is 0.317 e. The third-order valence-corrected chi connectivity index (χ3v) is 3.44. The van der Waals surface area contributed by atoms with Crippen LogP contribution in [-0.2, 0) is 19.1 Å². The molecule has 18 heavy (non-hydrogen) atoms. The van der Waals surface area contributed by atoms with E-state index >= 15 is 0 Å². The Morgan fingerprint density at radius 2 is 2.22 bits per heavy atom. The fourth-order valence-corrected chi connectivity index (χ4v) is 2.64. The molecule has 0 saturated heterocycles. The van der Waals surface area contributed by atoms with Gasteiger partial charge in [-0.25, -0.2) is 0 Å². The highest BCUT2D eigenvalue weighted by molar-refractivity contribution is 6.00. The SMILES string of the molecule is C=C1CC2=C(O1)C(C(=O)OCC)C(C)(C)CC2=O.